The summed E-state index contributed by atoms with van der Waals surface area (Å²) in [6.45, 7) is 82.5. The van der Waals surface area contributed by atoms with Gasteiger partial charge in [0.15, 0.2) is 99.8 Å². The molecular formula is C44H124O12Si17. The smallest absolute Gasteiger partial charge is 0.456 e. The third kappa shape index (κ3) is 37.8. The van der Waals surface area contributed by atoms with Gasteiger partial charge in [0.2, 0.25) is 0 Å². The van der Waals surface area contributed by atoms with Gasteiger partial charge in [0.1, 0.15) is 0 Å². The first-order chi connectivity index (χ1) is 31.3. The van der Waals surface area contributed by atoms with Crippen molar-refractivity contribution in [2.75, 3.05) is 0 Å². The zero-order valence-electron chi connectivity index (χ0n) is 55.1. The predicted molar refractivity (Wildman–Crippen MR) is 360 cm³/mol. The molecule has 0 amide bonds. The average Bonchev–Trinajstić information content (AvgIpc) is 2.97. The third-order valence-corrected chi connectivity index (χ3v) is 72.1. The highest BCUT2D eigenvalue weighted by Crippen LogP contribution is 2.38. The van der Waals surface area contributed by atoms with E-state index in [9.17, 15) is 0 Å². The van der Waals surface area contributed by atoms with Crippen LogP contribution >= 0.6 is 0 Å². The lowest BCUT2D eigenvalue weighted by atomic mass is 10.9. The van der Waals surface area contributed by atoms with Crippen LogP contribution in [0.2, 0.25) is 284 Å². The van der Waals surface area contributed by atoms with Gasteiger partial charge in [0, 0.05) is 0 Å². The maximum atomic E-state index is 7.73. The van der Waals surface area contributed by atoms with Crippen LogP contribution in [0.4, 0.5) is 0 Å². The van der Waals surface area contributed by atoms with E-state index in [0.717, 1.165) is 48.4 Å². The highest BCUT2D eigenvalue weighted by molar-refractivity contribution is 6.96. The second-order valence-electron chi connectivity index (χ2n) is 31.9. The zero-order chi connectivity index (χ0) is 58.6. The minimum atomic E-state index is -4.31. The molecule has 0 unspecified atom stereocenters. The molecule has 0 radical (unpaired) electrons. The maximum absolute atomic E-state index is 7.73. The van der Waals surface area contributed by atoms with Gasteiger partial charge in [0.25, 0.3) is 0 Å². The van der Waals surface area contributed by atoms with Crippen LogP contribution < -0.4 is 0 Å². The molecule has 0 rings (SSSR count). The SMILES string of the molecule is C[Si](C)(C)O[Si](C)(C)CC[Si](C)(C)O[Si](C)(C)O[Si](O[Si](C)(C)O[Si](C)(C)CC[Si](C)(C)O[Si](C)(C)C)(O[Si](C)(C)O[Si](C)(C)CC[Si](C)(C)O[Si](C)(C)C)O[Si](C)(C)O[Si](C)(C)CC[Si](C)(C)O[Si](C)(C)C. The Morgan fingerprint density at radius 2 is 0.260 bits per heavy atom. The molecule has 0 saturated heterocycles. The van der Waals surface area contributed by atoms with Crippen LogP contribution in [0.15, 0.2) is 0 Å². The summed E-state index contributed by atoms with van der Waals surface area (Å²) < 4.78 is 88.1. The molecule has 73 heavy (non-hydrogen) atoms. The maximum Gasteiger partial charge on any atom is 0.643 e. The van der Waals surface area contributed by atoms with Gasteiger partial charge in [-0.15, -0.1) is 0 Å². The normalized spacial score (nSPS) is 15.9. The zero-order valence-corrected chi connectivity index (χ0v) is 72.1. The van der Waals surface area contributed by atoms with E-state index in [1.54, 1.807) is 0 Å². The third-order valence-electron chi connectivity index (χ3n) is 11.2. The monoisotopic (exact) mass is 1320 g/mol. The van der Waals surface area contributed by atoms with E-state index in [-0.39, 0.29) is 0 Å². The second-order valence-corrected chi connectivity index (χ2v) is 103. The Balaban J connectivity index is 7.92. The van der Waals surface area contributed by atoms with E-state index in [1.165, 1.54) is 0 Å². The number of hydrogen-bond donors (Lipinski definition) is 0. The first-order valence-electron chi connectivity index (χ1n) is 27.7. The summed E-state index contributed by atoms with van der Waals surface area (Å²) in [6.07, 6.45) is 0. The van der Waals surface area contributed by atoms with E-state index >= 15 is 0 Å². The van der Waals surface area contributed by atoms with E-state index in [0.29, 0.717) is 0 Å². The molecule has 0 heterocycles. The molecule has 0 aliphatic heterocycles. The van der Waals surface area contributed by atoms with Crippen molar-refractivity contribution in [3.63, 3.8) is 0 Å². The quantitative estimate of drug-likeness (QED) is 0.0557. The summed E-state index contributed by atoms with van der Waals surface area (Å²) in [5, 5.41) is 0. The molecule has 0 saturated carbocycles. The Morgan fingerprint density at radius 1 is 0.151 bits per heavy atom. The standard InChI is InChI=1S/C44H124O12Si17/c1-57(2,3)45-61(13,14)37-41-65(21,22)49-69(29,30)53-73(54-70(31,32)50-66(23,24)42-38-62(15,16)46-58(4,5)6,55-71(33,34)51-67(25,26)43-39-63(17,18)47-59(7,8)9)56-72(35,36)52-68(27,28)44-40-64(19,20)48-60(10,11)12/h37-44H2,1-36H3. The largest absolute Gasteiger partial charge is 0.643 e. The van der Waals surface area contributed by atoms with E-state index in [2.05, 4.69) is 236 Å². The lowest BCUT2D eigenvalue weighted by molar-refractivity contribution is 0.102. The molecular weight excluding hydrogens is 1200 g/mol. The van der Waals surface area contributed by atoms with Gasteiger partial charge in [-0.3, -0.25) is 0 Å². The molecule has 29 heteroatoms. The molecule has 440 valence electrons. The lowest BCUT2D eigenvalue weighted by Gasteiger charge is -2.48. The Morgan fingerprint density at radius 3 is 0.370 bits per heavy atom. The van der Waals surface area contributed by atoms with Gasteiger partial charge in [-0.1, -0.05) is 0 Å². The average molecular weight is 1320 g/mol. The minimum Gasteiger partial charge on any atom is -0.456 e. The highest BCUT2D eigenvalue weighted by atomic mass is 28.6. The molecule has 0 aromatic carbocycles. The Hall–Kier alpha value is 3.21. The second kappa shape index (κ2) is 26.4. The van der Waals surface area contributed by atoms with Crippen LogP contribution in [0.5, 0.6) is 0 Å². The van der Waals surface area contributed by atoms with Crippen molar-refractivity contribution in [1.82, 2.24) is 0 Å². The fraction of sp³-hybridized carbons (Fsp3) is 1.00. The Kier molecular flexibility index (Phi) is 27.6. The van der Waals surface area contributed by atoms with Crippen LogP contribution in [0.3, 0.4) is 0 Å². The first-order valence-corrected chi connectivity index (χ1v) is 79.2. The highest BCUT2D eigenvalue weighted by Gasteiger charge is 2.63. The summed E-state index contributed by atoms with van der Waals surface area (Å²) in [7, 11) is -40.8. The molecule has 0 aliphatic carbocycles. The Bertz CT molecular complexity index is 1460. The van der Waals surface area contributed by atoms with E-state index in [1.807, 2.05) is 0 Å². The van der Waals surface area contributed by atoms with E-state index < -0.39 is 143 Å². The summed E-state index contributed by atoms with van der Waals surface area (Å²) >= 11 is 0. The fourth-order valence-corrected chi connectivity index (χ4v) is 95.6. The van der Waals surface area contributed by atoms with Crippen LogP contribution in [-0.4, -0.2) is 143 Å². The topological polar surface area (TPSA) is 111 Å². The van der Waals surface area contributed by atoms with Gasteiger partial charge in [-0.05, 0) is 284 Å². The summed E-state index contributed by atoms with van der Waals surface area (Å²) in [5.74, 6) is 0. The van der Waals surface area contributed by atoms with Gasteiger partial charge in [0.05, 0.1) is 0 Å². The van der Waals surface area contributed by atoms with Crippen molar-refractivity contribution in [3.8, 4) is 0 Å². The molecule has 0 aromatic rings. The summed E-state index contributed by atoms with van der Waals surface area (Å²) in [6, 6.07) is 8.06. The number of hydrogen-bond acceptors (Lipinski definition) is 12. The molecule has 0 atom stereocenters. The fourth-order valence-electron chi connectivity index (χ4n) is 10.2. The molecule has 0 fully saturated rings. The molecule has 0 aromatic heterocycles. The van der Waals surface area contributed by atoms with Crippen molar-refractivity contribution in [2.45, 2.75) is 284 Å². The first kappa shape index (κ1) is 76.2. The van der Waals surface area contributed by atoms with Crippen molar-refractivity contribution in [1.29, 1.82) is 0 Å². The predicted octanol–water partition coefficient (Wildman–Crippen LogP) is 17.4. The molecule has 0 aliphatic rings. The van der Waals surface area contributed by atoms with Crippen molar-refractivity contribution in [2.24, 2.45) is 0 Å². The summed E-state index contributed by atoms with van der Waals surface area (Å²) in [4.78, 5) is 0. The lowest BCUT2D eigenvalue weighted by Crippen LogP contribution is -2.70. The molecule has 12 nitrogen and oxygen atoms in total. The van der Waals surface area contributed by atoms with Crippen molar-refractivity contribution in [3.05, 3.63) is 0 Å². The van der Waals surface area contributed by atoms with Gasteiger partial charge < -0.3 is 49.4 Å². The van der Waals surface area contributed by atoms with Gasteiger partial charge in [-0.25, -0.2) is 0 Å². The summed E-state index contributed by atoms with van der Waals surface area (Å²) in [5.41, 5.74) is 0. The molecule has 0 N–H and O–H groups in total. The van der Waals surface area contributed by atoms with Crippen LogP contribution in [0, 0.1) is 0 Å². The van der Waals surface area contributed by atoms with E-state index in [4.69, 9.17) is 49.4 Å². The van der Waals surface area contributed by atoms with Crippen molar-refractivity contribution >= 4 is 143 Å². The number of rotatable bonds is 36. The van der Waals surface area contributed by atoms with Gasteiger partial charge >= 0.3 is 43.3 Å². The minimum absolute atomic E-state index is 0.978. The molecule has 0 bridgehead atoms. The van der Waals surface area contributed by atoms with Crippen LogP contribution in [0.1, 0.15) is 0 Å². The van der Waals surface area contributed by atoms with Crippen LogP contribution in [-0.2, 0) is 49.4 Å². The Labute approximate surface area is 472 Å². The molecule has 0 spiro atoms. The van der Waals surface area contributed by atoms with Crippen molar-refractivity contribution < 1.29 is 49.4 Å². The van der Waals surface area contributed by atoms with Gasteiger partial charge in [-0.2, -0.15) is 0 Å². The van der Waals surface area contributed by atoms with Crippen LogP contribution in [0.25, 0.3) is 0 Å².